The van der Waals surface area contributed by atoms with Crippen molar-refractivity contribution in [3.8, 4) is 0 Å². The second kappa shape index (κ2) is 6.14. The molecule has 2 aromatic rings. The lowest BCUT2D eigenvalue weighted by atomic mass is 10.1. The van der Waals surface area contributed by atoms with E-state index in [1.165, 1.54) is 21.9 Å². The van der Waals surface area contributed by atoms with E-state index in [-0.39, 0.29) is 5.91 Å². The van der Waals surface area contributed by atoms with Gasteiger partial charge in [0.15, 0.2) is 0 Å². The van der Waals surface area contributed by atoms with Gasteiger partial charge in [0.1, 0.15) is 0 Å². The van der Waals surface area contributed by atoms with E-state index in [2.05, 4.69) is 5.32 Å². The molecular formula is C15H15ClN2O3S2. The van der Waals surface area contributed by atoms with E-state index in [4.69, 9.17) is 11.6 Å². The largest absolute Gasteiger partial charge is 0.347 e. The molecule has 1 aliphatic heterocycles. The Morgan fingerprint density at radius 2 is 2.13 bits per heavy atom. The van der Waals surface area contributed by atoms with Gasteiger partial charge in [-0.3, -0.25) is 9.10 Å². The molecule has 5 nitrogen and oxygen atoms in total. The van der Waals surface area contributed by atoms with Gasteiger partial charge in [0.2, 0.25) is 10.0 Å². The molecule has 3 rings (SSSR count). The average Bonchev–Trinajstić information content (AvgIpc) is 3.09. The first-order valence-corrected chi connectivity index (χ1v) is 10.0. The number of benzene rings is 1. The molecule has 2 heterocycles. The van der Waals surface area contributed by atoms with Crippen molar-refractivity contribution in [1.82, 2.24) is 5.32 Å². The highest BCUT2D eigenvalue weighted by molar-refractivity contribution is 7.92. The topological polar surface area (TPSA) is 66.5 Å². The molecule has 0 spiro atoms. The van der Waals surface area contributed by atoms with Crippen molar-refractivity contribution < 1.29 is 13.2 Å². The zero-order valence-electron chi connectivity index (χ0n) is 12.4. The molecule has 1 N–H and O–H groups in total. The first-order valence-electron chi connectivity index (χ1n) is 6.97. The number of fused-ring (bicyclic) bond motifs is 1. The van der Waals surface area contributed by atoms with Crippen LogP contribution in [0.2, 0.25) is 4.34 Å². The van der Waals surface area contributed by atoms with Gasteiger partial charge < -0.3 is 5.32 Å². The smallest absolute Gasteiger partial charge is 0.251 e. The Hall–Kier alpha value is -1.57. The van der Waals surface area contributed by atoms with E-state index in [1.807, 2.05) is 6.07 Å². The number of nitrogens with one attached hydrogen (secondary N) is 1. The standard InChI is InChI=1S/C15H15ClN2O3S2/c1-23(20,21)18-7-6-10-8-11(2-4-13(10)18)15(19)17-9-12-3-5-14(16)22-12/h2-5,8H,6-7,9H2,1H3,(H,17,19). The van der Waals surface area contributed by atoms with Gasteiger partial charge >= 0.3 is 0 Å². The third-order valence-corrected chi connectivity index (χ3v) is 6.06. The van der Waals surface area contributed by atoms with E-state index < -0.39 is 10.0 Å². The molecule has 1 aliphatic rings. The van der Waals surface area contributed by atoms with Crippen LogP contribution < -0.4 is 9.62 Å². The van der Waals surface area contributed by atoms with Gasteiger partial charge in [0.05, 0.1) is 22.8 Å². The van der Waals surface area contributed by atoms with Crippen molar-refractivity contribution in [3.63, 3.8) is 0 Å². The number of sulfonamides is 1. The quantitative estimate of drug-likeness (QED) is 0.899. The van der Waals surface area contributed by atoms with Crippen LogP contribution in [0, 0.1) is 0 Å². The van der Waals surface area contributed by atoms with Crippen LogP contribution in [-0.4, -0.2) is 27.1 Å². The maximum absolute atomic E-state index is 12.2. The first kappa shape index (κ1) is 16.3. The molecule has 122 valence electrons. The molecule has 0 unspecified atom stereocenters. The summed E-state index contributed by atoms with van der Waals surface area (Å²) in [5.74, 6) is -0.185. The summed E-state index contributed by atoms with van der Waals surface area (Å²) in [5.41, 5.74) is 2.07. The fourth-order valence-electron chi connectivity index (χ4n) is 2.57. The molecule has 8 heteroatoms. The summed E-state index contributed by atoms with van der Waals surface area (Å²) in [6.45, 7) is 0.843. The lowest BCUT2D eigenvalue weighted by molar-refractivity contribution is 0.0951. The Balaban J connectivity index is 1.73. The number of nitrogens with zero attached hydrogens (tertiary/aromatic N) is 1. The third-order valence-electron chi connectivity index (χ3n) is 3.65. The van der Waals surface area contributed by atoms with Crippen molar-refractivity contribution in [2.75, 3.05) is 17.1 Å². The van der Waals surface area contributed by atoms with Gasteiger partial charge in [-0.2, -0.15) is 0 Å². The predicted molar refractivity (Wildman–Crippen MR) is 92.8 cm³/mol. The van der Waals surface area contributed by atoms with Crippen LogP contribution in [0.25, 0.3) is 0 Å². The Morgan fingerprint density at radius 3 is 2.78 bits per heavy atom. The van der Waals surface area contributed by atoms with Crippen LogP contribution >= 0.6 is 22.9 Å². The Kier molecular flexibility index (Phi) is 4.35. The molecular weight excluding hydrogens is 356 g/mol. The summed E-state index contributed by atoms with van der Waals surface area (Å²) in [6.07, 6.45) is 1.80. The second-order valence-corrected chi connectivity index (χ2v) is 9.02. The number of hydrogen-bond acceptors (Lipinski definition) is 4. The van der Waals surface area contributed by atoms with Gasteiger partial charge in [-0.1, -0.05) is 11.6 Å². The van der Waals surface area contributed by atoms with Gasteiger partial charge in [-0.15, -0.1) is 11.3 Å². The highest BCUT2D eigenvalue weighted by Gasteiger charge is 2.26. The Morgan fingerprint density at radius 1 is 1.35 bits per heavy atom. The monoisotopic (exact) mass is 370 g/mol. The van der Waals surface area contributed by atoms with Crippen molar-refractivity contribution in [3.05, 3.63) is 50.7 Å². The molecule has 0 aliphatic carbocycles. The number of amides is 1. The second-order valence-electron chi connectivity index (χ2n) is 5.32. The number of thiophene rings is 1. The Labute approximate surface area is 143 Å². The van der Waals surface area contributed by atoms with Crippen molar-refractivity contribution in [1.29, 1.82) is 0 Å². The molecule has 23 heavy (non-hydrogen) atoms. The van der Waals surface area contributed by atoms with Gasteiger partial charge in [0, 0.05) is 17.0 Å². The summed E-state index contributed by atoms with van der Waals surface area (Å²) in [6, 6.07) is 8.78. The zero-order chi connectivity index (χ0) is 16.6. The number of carbonyl (C=O) groups excluding carboxylic acids is 1. The third kappa shape index (κ3) is 3.52. The lowest BCUT2D eigenvalue weighted by Crippen LogP contribution is -2.27. The van der Waals surface area contributed by atoms with E-state index in [0.29, 0.717) is 35.1 Å². The van der Waals surface area contributed by atoms with E-state index in [1.54, 1.807) is 24.3 Å². The summed E-state index contributed by atoms with van der Waals surface area (Å²) >= 11 is 7.28. The minimum absolute atomic E-state index is 0.185. The van der Waals surface area contributed by atoms with Gasteiger partial charge in [-0.25, -0.2) is 8.42 Å². The lowest BCUT2D eigenvalue weighted by Gasteiger charge is -2.16. The van der Waals surface area contributed by atoms with Crippen LogP contribution in [0.3, 0.4) is 0 Å². The summed E-state index contributed by atoms with van der Waals surface area (Å²) < 4.78 is 25.5. The molecule has 1 aromatic heterocycles. The van der Waals surface area contributed by atoms with Crippen molar-refractivity contribution in [2.45, 2.75) is 13.0 Å². The number of halogens is 1. The maximum atomic E-state index is 12.2. The molecule has 0 bridgehead atoms. The SMILES string of the molecule is CS(=O)(=O)N1CCc2cc(C(=O)NCc3ccc(Cl)s3)ccc21. The van der Waals surface area contributed by atoms with Gasteiger partial charge in [-0.05, 0) is 42.3 Å². The molecule has 0 fully saturated rings. The van der Waals surface area contributed by atoms with Gasteiger partial charge in [0.25, 0.3) is 5.91 Å². The summed E-state index contributed by atoms with van der Waals surface area (Å²) in [5, 5.41) is 2.84. The molecule has 1 aromatic carbocycles. The predicted octanol–water partition coefficient (Wildman–Crippen LogP) is 2.65. The molecule has 0 saturated carbocycles. The number of hydrogen-bond donors (Lipinski definition) is 1. The summed E-state index contributed by atoms with van der Waals surface area (Å²) in [4.78, 5) is 13.2. The van der Waals surface area contributed by atoms with Crippen LogP contribution in [0.5, 0.6) is 0 Å². The maximum Gasteiger partial charge on any atom is 0.251 e. The minimum atomic E-state index is -3.27. The van der Waals surface area contributed by atoms with Crippen LogP contribution in [0.1, 0.15) is 20.8 Å². The molecule has 0 radical (unpaired) electrons. The normalized spacial score (nSPS) is 13.9. The fraction of sp³-hybridized carbons (Fsp3) is 0.267. The zero-order valence-corrected chi connectivity index (χ0v) is 14.8. The highest BCUT2D eigenvalue weighted by Crippen LogP contribution is 2.30. The molecule has 0 atom stereocenters. The van der Waals surface area contributed by atoms with E-state index >= 15 is 0 Å². The van der Waals surface area contributed by atoms with E-state index in [9.17, 15) is 13.2 Å². The van der Waals surface area contributed by atoms with Crippen LogP contribution in [-0.2, 0) is 23.0 Å². The van der Waals surface area contributed by atoms with Crippen LogP contribution in [0.4, 0.5) is 5.69 Å². The van der Waals surface area contributed by atoms with Crippen LogP contribution in [0.15, 0.2) is 30.3 Å². The fourth-order valence-corrected chi connectivity index (χ4v) is 4.56. The Bertz CT molecular complexity index is 861. The molecule has 0 saturated heterocycles. The average molecular weight is 371 g/mol. The number of anilines is 1. The van der Waals surface area contributed by atoms with Crippen molar-refractivity contribution in [2.24, 2.45) is 0 Å². The van der Waals surface area contributed by atoms with E-state index in [0.717, 1.165) is 10.4 Å². The summed E-state index contributed by atoms with van der Waals surface area (Å²) in [7, 11) is -3.27. The number of rotatable bonds is 4. The molecule has 1 amide bonds. The van der Waals surface area contributed by atoms with Crippen molar-refractivity contribution >= 4 is 44.6 Å². The first-order chi connectivity index (χ1) is 10.8. The highest BCUT2D eigenvalue weighted by atomic mass is 35.5. The minimum Gasteiger partial charge on any atom is -0.347 e. The number of carbonyl (C=O) groups is 1.